The zero-order valence-corrected chi connectivity index (χ0v) is 12.5. The maximum Gasteiger partial charge on any atom is 0.176 e. The van der Waals surface area contributed by atoms with E-state index in [0.29, 0.717) is 12.5 Å². The number of piperidine rings is 1. The van der Waals surface area contributed by atoms with Gasteiger partial charge in [-0.1, -0.05) is 12.1 Å². The standard InChI is InChI=1S/C14H18INO2/c15-13-5-3-12(4-6-13)14(18)9-16-7-1-2-11(8-16)10-17/h3-6,11,17H,1-2,7-10H2. The fraction of sp³-hybridized carbons (Fsp3) is 0.500. The van der Waals surface area contributed by atoms with Crippen LogP contribution in [0.15, 0.2) is 24.3 Å². The van der Waals surface area contributed by atoms with Crippen LogP contribution in [0, 0.1) is 9.49 Å². The molecular formula is C14H18INO2. The molecule has 1 aliphatic heterocycles. The first-order valence-corrected chi connectivity index (χ1v) is 7.39. The van der Waals surface area contributed by atoms with Crippen LogP contribution in [0.4, 0.5) is 0 Å². The van der Waals surface area contributed by atoms with Crippen LogP contribution in [0.5, 0.6) is 0 Å². The van der Waals surface area contributed by atoms with Gasteiger partial charge >= 0.3 is 0 Å². The minimum absolute atomic E-state index is 0.171. The number of carbonyl (C=O) groups excluding carboxylic acids is 1. The Bertz CT molecular complexity index is 405. The molecule has 4 heteroatoms. The van der Waals surface area contributed by atoms with Crippen molar-refractivity contribution in [2.24, 2.45) is 5.92 Å². The highest BCUT2D eigenvalue weighted by Gasteiger charge is 2.21. The summed E-state index contributed by atoms with van der Waals surface area (Å²) >= 11 is 2.23. The molecule has 1 atom stereocenters. The van der Waals surface area contributed by atoms with Gasteiger partial charge in [0.1, 0.15) is 0 Å². The summed E-state index contributed by atoms with van der Waals surface area (Å²) in [5.41, 5.74) is 0.779. The molecule has 0 aromatic heterocycles. The van der Waals surface area contributed by atoms with Crippen molar-refractivity contribution in [3.63, 3.8) is 0 Å². The number of aliphatic hydroxyl groups excluding tert-OH is 1. The Morgan fingerprint density at radius 2 is 2.11 bits per heavy atom. The predicted octanol–water partition coefficient (Wildman–Crippen LogP) is 2.18. The monoisotopic (exact) mass is 359 g/mol. The quantitative estimate of drug-likeness (QED) is 0.662. The third kappa shape index (κ3) is 3.76. The summed E-state index contributed by atoms with van der Waals surface area (Å²) in [4.78, 5) is 14.3. The predicted molar refractivity (Wildman–Crippen MR) is 79.7 cm³/mol. The van der Waals surface area contributed by atoms with E-state index in [1.807, 2.05) is 24.3 Å². The van der Waals surface area contributed by atoms with Gasteiger partial charge in [-0.15, -0.1) is 0 Å². The molecule has 1 N–H and O–H groups in total. The van der Waals surface area contributed by atoms with E-state index in [-0.39, 0.29) is 12.4 Å². The van der Waals surface area contributed by atoms with Crippen LogP contribution in [0.1, 0.15) is 23.2 Å². The Morgan fingerprint density at radius 1 is 1.39 bits per heavy atom. The summed E-state index contributed by atoms with van der Waals surface area (Å²) in [5.74, 6) is 0.508. The third-order valence-corrected chi connectivity index (χ3v) is 4.11. The number of Topliss-reactive ketones (excluding diaryl/α,β-unsaturated/α-hetero) is 1. The Labute approximate surface area is 121 Å². The first kappa shape index (κ1) is 14.0. The van der Waals surface area contributed by atoms with E-state index in [4.69, 9.17) is 0 Å². The first-order chi connectivity index (χ1) is 8.69. The van der Waals surface area contributed by atoms with Gasteiger partial charge < -0.3 is 5.11 Å². The molecule has 0 aliphatic carbocycles. The lowest BCUT2D eigenvalue weighted by atomic mass is 9.98. The van der Waals surface area contributed by atoms with Gasteiger partial charge in [-0.2, -0.15) is 0 Å². The number of ketones is 1. The lowest BCUT2D eigenvalue weighted by molar-refractivity contribution is 0.0833. The van der Waals surface area contributed by atoms with Crippen molar-refractivity contribution in [2.75, 3.05) is 26.2 Å². The van der Waals surface area contributed by atoms with Crippen molar-refractivity contribution in [1.29, 1.82) is 0 Å². The van der Waals surface area contributed by atoms with E-state index < -0.39 is 0 Å². The van der Waals surface area contributed by atoms with Gasteiger partial charge in [0.15, 0.2) is 5.78 Å². The highest BCUT2D eigenvalue weighted by molar-refractivity contribution is 14.1. The van der Waals surface area contributed by atoms with E-state index in [1.165, 1.54) is 0 Å². The van der Waals surface area contributed by atoms with Gasteiger partial charge in [0.05, 0.1) is 6.54 Å². The summed E-state index contributed by atoms with van der Waals surface area (Å²) < 4.78 is 1.14. The molecule has 1 fully saturated rings. The summed E-state index contributed by atoms with van der Waals surface area (Å²) in [7, 11) is 0. The molecular weight excluding hydrogens is 341 g/mol. The second kappa shape index (κ2) is 6.63. The molecule has 2 rings (SSSR count). The van der Waals surface area contributed by atoms with E-state index in [0.717, 1.165) is 35.1 Å². The normalized spacial score (nSPS) is 20.9. The van der Waals surface area contributed by atoms with Crippen molar-refractivity contribution in [3.05, 3.63) is 33.4 Å². The van der Waals surface area contributed by atoms with Gasteiger partial charge in [0.2, 0.25) is 0 Å². The third-order valence-electron chi connectivity index (χ3n) is 3.39. The average molecular weight is 359 g/mol. The number of benzene rings is 1. The number of hydrogen-bond donors (Lipinski definition) is 1. The van der Waals surface area contributed by atoms with Gasteiger partial charge in [0, 0.05) is 22.3 Å². The molecule has 1 saturated heterocycles. The summed E-state index contributed by atoms with van der Waals surface area (Å²) in [6.45, 7) is 2.50. The lowest BCUT2D eigenvalue weighted by Gasteiger charge is -2.31. The van der Waals surface area contributed by atoms with Crippen LogP contribution in [0.2, 0.25) is 0 Å². The van der Waals surface area contributed by atoms with Gasteiger partial charge in [0.25, 0.3) is 0 Å². The SMILES string of the molecule is O=C(CN1CCCC(CO)C1)c1ccc(I)cc1. The number of hydrogen-bond acceptors (Lipinski definition) is 3. The largest absolute Gasteiger partial charge is 0.396 e. The topological polar surface area (TPSA) is 40.5 Å². The molecule has 1 aromatic carbocycles. The molecule has 0 amide bonds. The maximum absolute atomic E-state index is 12.1. The van der Waals surface area contributed by atoms with Crippen LogP contribution < -0.4 is 0 Å². The fourth-order valence-corrected chi connectivity index (χ4v) is 2.73. The summed E-state index contributed by atoms with van der Waals surface area (Å²) in [6.07, 6.45) is 2.15. The molecule has 0 bridgehead atoms. The van der Waals surface area contributed by atoms with Crippen LogP contribution in [-0.4, -0.2) is 42.0 Å². The fourth-order valence-electron chi connectivity index (χ4n) is 2.37. The molecule has 1 heterocycles. The van der Waals surface area contributed by atoms with Crippen LogP contribution >= 0.6 is 22.6 Å². The zero-order chi connectivity index (χ0) is 13.0. The molecule has 0 radical (unpaired) electrons. The van der Waals surface area contributed by atoms with Crippen LogP contribution in [0.3, 0.4) is 0 Å². The highest BCUT2D eigenvalue weighted by atomic mass is 127. The van der Waals surface area contributed by atoms with E-state index in [9.17, 15) is 9.90 Å². The van der Waals surface area contributed by atoms with Crippen molar-refractivity contribution >= 4 is 28.4 Å². The minimum atomic E-state index is 0.171. The molecule has 1 unspecified atom stereocenters. The second-order valence-electron chi connectivity index (χ2n) is 4.86. The van der Waals surface area contributed by atoms with Crippen LogP contribution in [-0.2, 0) is 0 Å². The van der Waals surface area contributed by atoms with Gasteiger partial charge in [-0.05, 0) is 60.0 Å². The molecule has 98 valence electrons. The number of carbonyl (C=O) groups is 1. The maximum atomic E-state index is 12.1. The molecule has 0 spiro atoms. The smallest absolute Gasteiger partial charge is 0.176 e. The molecule has 0 saturated carbocycles. The van der Waals surface area contributed by atoms with Crippen molar-refractivity contribution in [2.45, 2.75) is 12.8 Å². The van der Waals surface area contributed by atoms with E-state index in [1.54, 1.807) is 0 Å². The van der Waals surface area contributed by atoms with E-state index >= 15 is 0 Å². The zero-order valence-electron chi connectivity index (χ0n) is 10.3. The number of aliphatic hydroxyl groups is 1. The Balaban J connectivity index is 1.92. The number of likely N-dealkylation sites (tertiary alicyclic amines) is 1. The molecule has 18 heavy (non-hydrogen) atoms. The van der Waals surface area contributed by atoms with Crippen molar-refractivity contribution in [3.8, 4) is 0 Å². The van der Waals surface area contributed by atoms with Gasteiger partial charge in [-0.25, -0.2) is 0 Å². The molecule has 1 aliphatic rings. The second-order valence-corrected chi connectivity index (χ2v) is 6.10. The van der Waals surface area contributed by atoms with E-state index in [2.05, 4.69) is 27.5 Å². The van der Waals surface area contributed by atoms with Crippen LogP contribution in [0.25, 0.3) is 0 Å². The Morgan fingerprint density at radius 3 is 2.78 bits per heavy atom. The Hall–Kier alpha value is -0.460. The first-order valence-electron chi connectivity index (χ1n) is 6.31. The number of rotatable bonds is 4. The average Bonchev–Trinajstić information content (AvgIpc) is 2.39. The highest BCUT2D eigenvalue weighted by Crippen LogP contribution is 2.16. The van der Waals surface area contributed by atoms with Crippen molar-refractivity contribution < 1.29 is 9.90 Å². The van der Waals surface area contributed by atoms with Crippen molar-refractivity contribution in [1.82, 2.24) is 4.90 Å². The Kier molecular flexibility index (Phi) is 5.14. The number of nitrogens with zero attached hydrogens (tertiary/aromatic N) is 1. The summed E-state index contributed by atoms with van der Waals surface area (Å²) in [5, 5.41) is 9.18. The van der Waals surface area contributed by atoms with Gasteiger partial charge in [-0.3, -0.25) is 9.69 Å². The lowest BCUT2D eigenvalue weighted by Crippen LogP contribution is -2.39. The summed E-state index contributed by atoms with van der Waals surface area (Å²) in [6, 6.07) is 7.69. The molecule has 1 aromatic rings. The molecule has 3 nitrogen and oxygen atoms in total. The minimum Gasteiger partial charge on any atom is -0.396 e. The number of halogens is 1.